The van der Waals surface area contributed by atoms with Crippen molar-refractivity contribution >= 4 is 29.3 Å². The molecule has 0 radical (unpaired) electrons. The molecule has 1 heterocycles. The fraction of sp³-hybridized carbons (Fsp3) is 0.429. The monoisotopic (exact) mass is 324 g/mol. The number of carboxylic acids is 1. The number of nitrogens with zero attached hydrogens (tertiary/aromatic N) is 2. The van der Waals surface area contributed by atoms with Crippen molar-refractivity contribution in [3.05, 3.63) is 34.4 Å². The zero-order valence-corrected chi connectivity index (χ0v) is 12.8. The Balaban J connectivity index is 2.02. The van der Waals surface area contributed by atoms with E-state index in [1.165, 1.54) is 28.8 Å². The van der Waals surface area contributed by atoms with Crippen molar-refractivity contribution in [1.82, 2.24) is 4.90 Å². The van der Waals surface area contributed by atoms with Gasteiger partial charge in [-0.25, -0.2) is 4.79 Å². The zero-order chi connectivity index (χ0) is 16.3. The lowest BCUT2D eigenvalue weighted by Gasteiger charge is -2.24. The van der Waals surface area contributed by atoms with Gasteiger partial charge in [0.15, 0.2) is 0 Å². The largest absolute Gasteiger partial charge is 0.480 e. The second-order valence-corrected chi connectivity index (χ2v) is 6.45. The number of carbonyl (C=O) groups excluding carboxylic acids is 1. The molecule has 1 fully saturated rings. The number of benzene rings is 1. The summed E-state index contributed by atoms with van der Waals surface area (Å²) in [5, 5.41) is 19.3. The molecule has 1 aromatic rings. The van der Waals surface area contributed by atoms with Crippen LogP contribution in [-0.2, 0) is 9.59 Å². The first-order valence-corrected chi connectivity index (χ1v) is 7.72. The quantitative estimate of drug-likeness (QED) is 0.506. The minimum absolute atomic E-state index is 0.00573. The summed E-state index contributed by atoms with van der Waals surface area (Å²) < 4.78 is 0. The van der Waals surface area contributed by atoms with Gasteiger partial charge in [-0.15, -0.1) is 11.8 Å². The van der Waals surface area contributed by atoms with E-state index in [0.29, 0.717) is 19.4 Å². The zero-order valence-electron chi connectivity index (χ0n) is 12.0. The maximum absolute atomic E-state index is 12.4. The number of likely N-dealkylation sites (tertiary alicyclic amines) is 1. The number of non-ortho nitro benzene ring substituents is 1. The molecule has 22 heavy (non-hydrogen) atoms. The molecule has 2 atom stereocenters. The van der Waals surface area contributed by atoms with E-state index in [1.807, 2.05) is 0 Å². The molecule has 8 heteroatoms. The molecule has 1 aromatic carbocycles. The van der Waals surface area contributed by atoms with E-state index in [9.17, 15) is 19.7 Å². The summed E-state index contributed by atoms with van der Waals surface area (Å²) in [6, 6.07) is 5.20. The average Bonchev–Trinajstić information content (AvgIpc) is 2.96. The Bertz CT molecular complexity index is 589. The van der Waals surface area contributed by atoms with Gasteiger partial charge in [-0.2, -0.15) is 0 Å². The maximum atomic E-state index is 12.4. The van der Waals surface area contributed by atoms with Crippen LogP contribution in [0, 0.1) is 10.1 Å². The number of hydrogen-bond donors (Lipinski definition) is 1. The fourth-order valence-electron chi connectivity index (χ4n) is 2.42. The van der Waals surface area contributed by atoms with E-state index >= 15 is 0 Å². The lowest BCUT2D eigenvalue weighted by Crippen LogP contribution is -2.43. The molecule has 0 aliphatic carbocycles. The maximum Gasteiger partial charge on any atom is 0.326 e. The summed E-state index contributed by atoms with van der Waals surface area (Å²) >= 11 is 1.27. The van der Waals surface area contributed by atoms with Crippen molar-refractivity contribution in [2.24, 2.45) is 0 Å². The summed E-state index contributed by atoms with van der Waals surface area (Å²) in [7, 11) is 0. The van der Waals surface area contributed by atoms with Crippen LogP contribution < -0.4 is 0 Å². The minimum Gasteiger partial charge on any atom is -0.480 e. The Morgan fingerprint density at radius 1 is 1.41 bits per heavy atom. The van der Waals surface area contributed by atoms with E-state index in [2.05, 4.69) is 0 Å². The molecule has 1 aliphatic rings. The van der Waals surface area contributed by atoms with Gasteiger partial charge in [-0.3, -0.25) is 14.9 Å². The molecule has 0 spiro atoms. The highest BCUT2D eigenvalue weighted by Gasteiger charge is 2.36. The molecule has 1 amide bonds. The van der Waals surface area contributed by atoms with Gasteiger partial charge < -0.3 is 10.0 Å². The molecule has 118 valence electrons. The van der Waals surface area contributed by atoms with Crippen LogP contribution in [0.5, 0.6) is 0 Å². The highest BCUT2D eigenvalue weighted by Crippen LogP contribution is 2.28. The van der Waals surface area contributed by atoms with Gasteiger partial charge in [0, 0.05) is 23.6 Å². The summed E-state index contributed by atoms with van der Waals surface area (Å²) in [6.45, 7) is 2.17. The van der Waals surface area contributed by atoms with E-state index < -0.39 is 22.2 Å². The first-order valence-electron chi connectivity index (χ1n) is 6.84. The highest BCUT2D eigenvalue weighted by molar-refractivity contribution is 8.00. The van der Waals surface area contributed by atoms with Crippen molar-refractivity contribution < 1.29 is 19.6 Å². The number of nitro groups is 1. The molecular weight excluding hydrogens is 308 g/mol. The summed E-state index contributed by atoms with van der Waals surface area (Å²) in [4.78, 5) is 35.8. The normalized spacial score (nSPS) is 19.0. The third-order valence-electron chi connectivity index (χ3n) is 3.53. The van der Waals surface area contributed by atoms with E-state index in [1.54, 1.807) is 19.1 Å². The smallest absolute Gasteiger partial charge is 0.326 e. The van der Waals surface area contributed by atoms with Crippen molar-refractivity contribution in [1.29, 1.82) is 0 Å². The van der Waals surface area contributed by atoms with E-state index in [4.69, 9.17) is 5.11 Å². The van der Waals surface area contributed by atoms with Crippen LogP contribution in [0.2, 0.25) is 0 Å². The number of aliphatic carboxylic acids is 1. The van der Waals surface area contributed by atoms with Crippen molar-refractivity contribution in [2.75, 3.05) is 6.54 Å². The molecule has 0 aromatic heterocycles. The predicted molar refractivity (Wildman–Crippen MR) is 80.8 cm³/mol. The van der Waals surface area contributed by atoms with Gasteiger partial charge in [0.1, 0.15) is 6.04 Å². The van der Waals surface area contributed by atoms with Crippen LogP contribution in [0.3, 0.4) is 0 Å². The molecular formula is C14H16N2O5S. The Hall–Kier alpha value is -2.09. The van der Waals surface area contributed by atoms with Crippen molar-refractivity contribution in [3.8, 4) is 0 Å². The third kappa shape index (κ3) is 3.56. The first-order chi connectivity index (χ1) is 10.4. The molecule has 0 saturated carbocycles. The SMILES string of the molecule is CC(Sc1ccc([N+](=O)[O-])cc1)C(=O)N1CCC[C@@H]1C(=O)O. The van der Waals surface area contributed by atoms with E-state index in [0.717, 1.165) is 4.90 Å². The summed E-state index contributed by atoms with van der Waals surface area (Å²) in [6.07, 6.45) is 1.17. The topological polar surface area (TPSA) is 101 Å². The van der Waals surface area contributed by atoms with Crippen LogP contribution in [0.4, 0.5) is 5.69 Å². The number of carboxylic acid groups (broad SMARTS) is 1. The van der Waals surface area contributed by atoms with Crippen LogP contribution >= 0.6 is 11.8 Å². The minimum atomic E-state index is -0.974. The summed E-state index contributed by atoms with van der Waals surface area (Å²) in [5.41, 5.74) is -0.00573. The number of thioether (sulfide) groups is 1. The van der Waals surface area contributed by atoms with Crippen molar-refractivity contribution in [3.63, 3.8) is 0 Å². The Morgan fingerprint density at radius 3 is 2.59 bits per heavy atom. The van der Waals surface area contributed by atoms with Gasteiger partial charge in [0.25, 0.3) is 5.69 Å². The average molecular weight is 324 g/mol. The third-order valence-corrected chi connectivity index (χ3v) is 4.63. The Labute approximate surface area is 131 Å². The Kier molecular flexibility index (Phi) is 5.02. The number of carbonyl (C=O) groups is 2. The molecule has 1 N–H and O–H groups in total. The van der Waals surface area contributed by atoms with Crippen molar-refractivity contribution in [2.45, 2.75) is 36.0 Å². The van der Waals surface area contributed by atoms with Gasteiger partial charge >= 0.3 is 5.97 Å². The molecule has 0 bridgehead atoms. The lowest BCUT2D eigenvalue weighted by atomic mass is 10.2. The van der Waals surface area contributed by atoms with Gasteiger partial charge in [-0.05, 0) is 31.9 Å². The number of rotatable bonds is 5. The molecule has 1 saturated heterocycles. The van der Waals surface area contributed by atoms with Crippen LogP contribution in [0.1, 0.15) is 19.8 Å². The number of nitro benzene ring substituents is 1. The molecule has 2 rings (SSSR count). The van der Waals surface area contributed by atoms with Crippen LogP contribution in [-0.4, -0.2) is 44.6 Å². The number of amides is 1. The van der Waals surface area contributed by atoms with Crippen LogP contribution in [0.15, 0.2) is 29.2 Å². The molecule has 7 nitrogen and oxygen atoms in total. The van der Waals surface area contributed by atoms with Gasteiger partial charge in [0.05, 0.1) is 10.2 Å². The highest BCUT2D eigenvalue weighted by atomic mass is 32.2. The van der Waals surface area contributed by atoms with Gasteiger partial charge in [0.2, 0.25) is 5.91 Å². The second kappa shape index (κ2) is 6.78. The summed E-state index contributed by atoms with van der Waals surface area (Å²) in [5.74, 6) is -1.19. The Morgan fingerprint density at radius 2 is 2.05 bits per heavy atom. The molecule has 1 unspecified atom stereocenters. The fourth-order valence-corrected chi connectivity index (χ4v) is 3.36. The number of hydrogen-bond acceptors (Lipinski definition) is 5. The predicted octanol–water partition coefficient (Wildman–Crippen LogP) is 2.15. The van der Waals surface area contributed by atoms with Crippen LogP contribution in [0.25, 0.3) is 0 Å². The standard InChI is InChI=1S/C14H16N2O5S/c1-9(13(17)15-8-2-3-12(15)14(18)19)22-11-6-4-10(5-7-11)16(20)21/h4-7,9,12H,2-3,8H2,1H3,(H,18,19)/t9?,12-/m1/s1. The molecule has 1 aliphatic heterocycles. The second-order valence-electron chi connectivity index (χ2n) is 5.04. The lowest BCUT2D eigenvalue weighted by molar-refractivity contribution is -0.384. The van der Waals surface area contributed by atoms with E-state index in [-0.39, 0.29) is 11.6 Å². The first kappa shape index (κ1) is 16.3. The van der Waals surface area contributed by atoms with Gasteiger partial charge in [-0.1, -0.05) is 0 Å².